The molecule has 2 N–H and O–H groups in total. The second-order valence-electron chi connectivity index (χ2n) is 8.62. The molecule has 3 aromatic heterocycles. The van der Waals surface area contributed by atoms with Gasteiger partial charge in [-0.05, 0) is 38.5 Å². The van der Waals surface area contributed by atoms with Gasteiger partial charge in [-0.2, -0.15) is 0 Å². The Kier molecular flexibility index (Phi) is 7.71. The normalized spacial score (nSPS) is 14.8. The first-order valence-electron chi connectivity index (χ1n) is 11.7. The second kappa shape index (κ2) is 10.9. The Morgan fingerprint density at radius 1 is 1.26 bits per heavy atom. The minimum absolute atomic E-state index is 0.0353. The van der Waals surface area contributed by atoms with Crippen LogP contribution in [-0.2, 0) is 16.0 Å². The van der Waals surface area contributed by atoms with Gasteiger partial charge in [-0.25, -0.2) is 4.98 Å². The average Bonchev–Trinajstić information content (AvgIpc) is 2.83. The Hall–Kier alpha value is -3.08. The van der Waals surface area contributed by atoms with Crippen molar-refractivity contribution in [1.29, 1.82) is 5.41 Å². The van der Waals surface area contributed by atoms with Gasteiger partial charge in [0.2, 0.25) is 0 Å². The topological polar surface area (TPSA) is 114 Å². The summed E-state index contributed by atoms with van der Waals surface area (Å²) in [5.41, 5.74) is 0.821. The molecular weight excluding hydrogens is 436 g/mol. The molecule has 0 aliphatic carbocycles. The molecule has 0 unspecified atom stereocenters. The molecule has 10 heteroatoms. The molecule has 0 spiro atoms. The lowest BCUT2D eigenvalue weighted by Gasteiger charge is -2.26. The molecular formula is C24H32N6O4. The lowest BCUT2D eigenvalue weighted by Crippen LogP contribution is -2.42. The Bertz CT molecular complexity index is 1280. The summed E-state index contributed by atoms with van der Waals surface area (Å²) in [6.07, 6.45) is 2.39. The van der Waals surface area contributed by atoms with Gasteiger partial charge in [0.15, 0.2) is 0 Å². The fourth-order valence-electron chi connectivity index (χ4n) is 4.07. The number of morpholine rings is 1. The third kappa shape index (κ3) is 5.35. The van der Waals surface area contributed by atoms with E-state index in [9.17, 15) is 9.59 Å². The number of aryl methyl sites for hydroxylation is 1. The van der Waals surface area contributed by atoms with Crippen LogP contribution in [0, 0.1) is 5.41 Å². The number of nitrogens with zero attached hydrogens (tertiary/aromatic N) is 4. The monoisotopic (exact) mass is 468 g/mol. The number of hydrogen-bond donors (Lipinski definition) is 2. The largest absolute Gasteiger partial charge is 0.379 e. The van der Waals surface area contributed by atoms with Crippen molar-refractivity contribution in [2.45, 2.75) is 32.9 Å². The maximum atomic E-state index is 13.2. The molecule has 0 bridgehead atoms. The lowest BCUT2D eigenvalue weighted by atomic mass is 10.2. The zero-order chi connectivity index (χ0) is 24.1. The maximum absolute atomic E-state index is 13.2. The number of carbonyl (C=O) groups excluding carboxylic acids is 1. The van der Waals surface area contributed by atoms with Crippen molar-refractivity contribution in [3.05, 3.63) is 51.9 Å². The predicted octanol–water partition coefficient (Wildman–Crippen LogP) is 1.01. The van der Waals surface area contributed by atoms with Gasteiger partial charge in [-0.3, -0.25) is 24.3 Å². The molecule has 0 radical (unpaired) electrons. The van der Waals surface area contributed by atoms with Crippen LogP contribution >= 0.6 is 0 Å². The van der Waals surface area contributed by atoms with Crippen LogP contribution in [0.3, 0.4) is 0 Å². The SMILES string of the molecule is CC(C)OCCCn1c(=N)c(C(=O)NCCN2CCOCC2)cc2c(=O)n3ccccc3nc21. The maximum Gasteiger partial charge on any atom is 0.267 e. The van der Waals surface area contributed by atoms with Crippen molar-refractivity contribution < 1.29 is 14.3 Å². The van der Waals surface area contributed by atoms with Crippen LogP contribution in [-0.4, -0.2) is 76.9 Å². The van der Waals surface area contributed by atoms with Crippen molar-refractivity contribution in [3.8, 4) is 0 Å². The molecule has 182 valence electrons. The van der Waals surface area contributed by atoms with E-state index >= 15 is 0 Å². The number of pyridine rings is 2. The summed E-state index contributed by atoms with van der Waals surface area (Å²) in [5, 5.41) is 12.0. The highest BCUT2D eigenvalue weighted by atomic mass is 16.5. The highest BCUT2D eigenvalue weighted by molar-refractivity contribution is 5.96. The van der Waals surface area contributed by atoms with E-state index in [1.165, 1.54) is 10.5 Å². The van der Waals surface area contributed by atoms with Crippen LogP contribution in [0.1, 0.15) is 30.6 Å². The summed E-state index contributed by atoms with van der Waals surface area (Å²) in [6, 6.07) is 6.82. The van der Waals surface area contributed by atoms with Gasteiger partial charge in [0.25, 0.3) is 11.5 Å². The molecule has 3 aromatic rings. The summed E-state index contributed by atoms with van der Waals surface area (Å²) in [4.78, 5) is 33.2. The molecule has 4 heterocycles. The first kappa shape index (κ1) is 24.1. The molecule has 4 rings (SSSR count). The standard InChI is InChI=1S/C24H32N6O4/c1-17(2)34-13-5-9-30-21(25)18(23(31)26-7-10-28-11-14-33-15-12-28)16-19-22(30)27-20-6-3-4-8-29(20)24(19)32/h3-4,6,8,16-17,25H,5,7,9-15H2,1-2H3,(H,26,31). The van der Waals surface area contributed by atoms with Gasteiger partial charge in [0.05, 0.1) is 30.3 Å². The van der Waals surface area contributed by atoms with E-state index in [1.54, 1.807) is 22.9 Å². The molecule has 1 saturated heterocycles. The van der Waals surface area contributed by atoms with E-state index in [0.29, 0.717) is 62.6 Å². The van der Waals surface area contributed by atoms with E-state index in [2.05, 4.69) is 15.2 Å². The summed E-state index contributed by atoms with van der Waals surface area (Å²) in [5.74, 6) is -0.370. The number of nitrogens with one attached hydrogen (secondary N) is 2. The van der Waals surface area contributed by atoms with E-state index in [1.807, 2.05) is 19.9 Å². The quantitative estimate of drug-likeness (QED) is 0.358. The molecule has 0 aromatic carbocycles. The third-order valence-electron chi connectivity index (χ3n) is 5.86. The smallest absolute Gasteiger partial charge is 0.267 e. The Morgan fingerprint density at radius 2 is 2.06 bits per heavy atom. The molecule has 0 atom stereocenters. The molecule has 1 aliphatic rings. The minimum atomic E-state index is -0.370. The Morgan fingerprint density at radius 3 is 2.82 bits per heavy atom. The molecule has 0 saturated carbocycles. The van der Waals surface area contributed by atoms with Gasteiger partial charge in [-0.15, -0.1) is 0 Å². The number of carbonyl (C=O) groups is 1. The minimum Gasteiger partial charge on any atom is -0.379 e. The van der Waals surface area contributed by atoms with Gasteiger partial charge in [0.1, 0.15) is 16.8 Å². The van der Waals surface area contributed by atoms with E-state index < -0.39 is 0 Å². The van der Waals surface area contributed by atoms with Crippen LogP contribution in [0.15, 0.2) is 35.3 Å². The molecule has 1 aliphatic heterocycles. The first-order chi connectivity index (χ1) is 16.5. The van der Waals surface area contributed by atoms with E-state index in [0.717, 1.165) is 13.1 Å². The van der Waals surface area contributed by atoms with Crippen molar-refractivity contribution in [2.24, 2.45) is 0 Å². The number of rotatable bonds is 9. The summed E-state index contributed by atoms with van der Waals surface area (Å²) in [6.45, 7) is 9.07. The summed E-state index contributed by atoms with van der Waals surface area (Å²) in [7, 11) is 0. The second-order valence-corrected chi connectivity index (χ2v) is 8.62. The highest BCUT2D eigenvalue weighted by Gasteiger charge is 2.18. The number of hydrogen-bond acceptors (Lipinski definition) is 7. The lowest BCUT2D eigenvalue weighted by molar-refractivity contribution is 0.0383. The van der Waals surface area contributed by atoms with Crippen molar-refractivity contribution in [1.82, 2.24) is 24.2 Å². The van der Waals surface area contributed by atoms with Gasteiger partial charge < -0.3 is 19.4 Å². The summed E-state index contributed by atoms with van der Waals surface area (Å²) < 4.78 is 14.1. The number of ether oxygens (including phenoxy) is 2. The number of fused-ring (bicyclic) bond motifs is 2. The molecule has 1 fully saturated rings. The summed E-state index contributed by atoms with van der Waals surface area (Å²) >= 11 is 0. The van der Waals surface area contributed by atoms with Gasteiger partial charge in [0, 0.05) is 45.5 Å². The van der Waals surface area contributed by atoms with Crippen LogP contribution in [0.25, 0.3) is 16.7 Å². The van der Waals surface area contributed by atoms with E-state index in [-0.39, 0.29) is 28.6 Å². The van der Waals surface area contributed by atoms with Crippen LogP contribution in [0.5, 0.6) is 0 Å². The van der Waals surface area contributed by atoms with Crippen molar-refractivity contribution >= 4 is 22.6 Å². The van der Waals surface area contributed by atoms with Crippen molar-refractivity contribution in [3.63, 3.8) is 0 Å². The van der Waals surface area contributed by atoms with Gasteiger partial charge >= 0.3 is 0 Å². The molecule has 34 heavy (non-hydrogen) atoms. The zero-order valence-corrected chi connectivity index (χ0v) is 19.7. The fraction of sp³-hybridized carbons (Fsp3) is 0.500. The molecule has 1 amide bonds. The Labute approximate surface area is 197 Å². The van der Waals surface area contributed by atoms with Gasteiger partial charge in [-0.1, -0.05) is 6.07 Å². The molecule has 10 nitrogen and oxygen atoms in total. The predicted molar refractivity (Wildman–Crippen MR) is 128 cm³/mol. The van der Waals surface area contributed by atoms with Crippen LogP contribution < -0.4 is 16.4 Å². The Balaban J connectivity index is 1.66. The third-order valence-corrected chi connectivity index (χ3v) is 5.86. The highest BCUT2D eigenvalue weighted by Crippen LogP contribution is 2.11. The average molecular weight is 469 g/mol. The fourth-order valence-corrected chi connectivity index (χ4v) is 4.07. The van der Waals surface area contributed by atoms with Crippen LogP contribution in [0.2, 0.25) is 0 Å². The first-order valence-corrected chi connectivity index (χ1v) is 11.7. The van der Waals surface area contributed by atoms with E-state index in [4.69, 9.17) is 14.9 Å². The van der Waals surface area contributed by atoms with Crippen LogP contribution in [0.4, 0.5) is 0 Å². The number of aromatic nitrogens is 3. The van der Waals surface area contributed by atoms with Crippen molar-refractivity contribution in [2.75, 3.05) is 46.0 Å². The number of amides is 1. The zero-order valence-electron chi connectivity index (χ0n) is 19.7.